The molecule has 0 saturated carbocycles. The number of carboxylic acids is 2. The lowest BCUT2D eigenvalue weighted by Gasteiger charge is -2.25. The van der Waals surface area contributed by atoms with Gasteiger partial charge in [0.25, 0.3) is 0 Å². The van der Waals surface area contributed by atoms with Crippen molar-refractivity contribution in [3.63, 3.8) is 0 Å². The maximum absolute atomic E-state index is 13.3. The first-order chi connectivity index (χ1) is 20.9. The van der Waals surface area contributed by atoms with Gasteiger partial charge in [0.1, 0.15) is 18.1 Å². The highest BCUT2D eigenvalue weighted by atomic mass is 16.4. The number of benzene rings is 2. The van der Waals surface area contributed by atoms with E-state index in [-0.39, 0.29) is 32.1 Å². The third-order valence-corrected chi connectivity index (χ3v) is 6.94. The number of carbonyl (C=O) groups excluding carboxylic acids is 4. The van der Waals surface area contributed by atoms with Gasteiger partial charge in [-0.1, -0.05) is 48.5 Å². The molecule has 0 aliphatic rings. The Kier molecular flexibility index (Phi) is 12.0. The SMILES string of the molecule is NC(=O)CCC(NC(=O)C(N)Cc1ccccc1)C(=O)NC(CCC(=O)O)C(=O)NC(Cc1c[nH]c2ccccc12)C(=O)O. The van der Waals surface area contributed by atoms with Crippen LogP contribution in [0.4, 0.5) is 0 Å². The second-order valence-corrected chi connectivity index (χ2v) is 10.3. The number of rotatable bonds is 17. The van der Waals surface area contributed by atoms with Crippen LogP contribution >= 0.6 is 0 Å². The number of aromatic amines is 1. The van der Waals surface area contributed by atoms with Crippen LogP contribution in [0.5, 0.6) is 0 Å². The Hall–Kier alpha value is -5.24. The second kappa shape index (κ2) is 15.8. The van der Waals surface area contributed by atoms with E-state index < -0.39 is 66.2 Å². The molecule has 3 aromatic rings. The van der Waals surface area contributed by atoms with Gasteiger partial charge in [-0.05, 0) is 36.5 Å². The van der Waals surface area contributed by atoms with Crippen LogP contribution in [0.2, 0.25) is 0 Å². The van der Waals surface area contributed by atoms with E-state index in [0.29, 0.717) is 5.56 Å². The maximum Gasteiger partial charge on any atom is 0.326 e. The van der Waals surface area contributed by atoms with Crippen molar-refractivity contribution < 1.29 is 39.0 Å². The summed E-state index contributed by atoms with van der Waals surface area (Å²) >= 11 is 0. The standard InChI is InChI=1S/C30H36N6O8/c31-20(14-17-6-2-1-3-7-17)27(40)34-22(10-12-25(32)37)28(41)35-23(11-13-26(38)39)29(42)36-24(30(43)44)15-18-16-33-21-9-5-4-8-19(18)21/h1-9,16,20,22-24,33H,10-15,31H2,(H2,32,37)(H,34,40)(H,35,41)(H,36,42)(H,38,39)(H,43,44). The van der Waals surface area contributed by atoms with Crippen molar-refractivity contribution in [1.82, 2.24) is 20.9 Å². The number of aromatic nitrogens is 1. The average Bonchev–Trinajstić information content (AvgIpc) is 3.39. The summed E-state index contributed by atoms with van der Waals surface area (Å²) in [7, 11) is 0. The summed E-state index contributed by atoms with van der Waals surface area (Å²) in [5.74, 6) is -5.88. The number of H-pyrrole nitrogens is 1. The van der Waals surface area contributed by atoms with Crippen LogP contribution in [-0.2, 0) is 41.6 Å². The third-order valence-electron chi connectivity index (χ3n) is 6.94. The molecule has 4 atom stereocenters. The zero-order valence-corrected chi connectivity index (χ0v) is 23.8. The molecule has 234 valence electrons. The van der Waals surface area contributed by atoms with Crippen LogP contribution in [0.3, 0.4) is 0 Å². The van der Waals surface area contributed by atoms with Crippen molar-refractivity contribution in [2.75, 3.05) is 0 Å². The van der Waals surface area contributed by atoms with Crippen molar-refractivity contribution in [2.24, 2.45) is 11.5 Å². The zero-order valence-electron chi connectivity index (χ0n) is 23.8. The Morgan fingerprint density at radius 1 is 0.727 bits per heavy atom. The van der Waals surface area contributed by atoms with Gasteiger partial charge in [-0.15, -0.1) is 0 Å². The van der Waals surface area contributed by atoms with Gasteiger partial charge >= 0.3 is 11.9 Å². The molecule has 44 heavy (non-hydrogen) atoms. The minimum Gasteiger partial charge on any atom is -0.481 e. The lowest BCUT2D eigenvalue weighted by atomic mass is 10.0. The summed E-state index contributed by atoms with van der Waals surface area (Å²) in [6, 6.07) is 10.8. The van der Waals surface area contributed by atoms with E-state index in [1.54, 1.807) is 48.7 Å². The normalized spacial score (nSPS) is 13.7. The van der Waals surface area contributed by atoms with Gasteiger partial charge in [0.15, 0.2) is 0 Å². The highest BCUT2D eigenvalue weighted by molar-refractivity contribution is 5.95. The first-order valence-electron chi connectivity index (χ1n) is 13.9. The molecule has 14 heteroatoms. The first kappa shape index (κ1) is 33.3. The first-order valence-corrected chi connectivity index (χ1v) is 13.9. The van der Waals surface area contributed by atoms with Crippen LogP contribution in [-0.4, -0.2) is 74.9 Å². The monoisotopic (exact) mass is 608 g/mol. The quantitative estimate of drug-likeness (QED) is 0.102. The van der Waals surface area contributed by atoms with E-state index in [4.69, 9.17) is 11.5 Å². The van der Waals surface area contributed by atoms with Crippen molar-refractivity contribution in [3.8, 4) is 0 Å². The van der Waals surface area contributed by atoms with E-state index in [1.807, 2.05) is 12.1 Å². The molecule has 1 aromatic heterocycles. The number of carbonyl (C=O) groups is 6. The van der Waals surface area contributed by atoms with Crippen LogP contribution in [0.1, 0.15) is 36.8 Å². The van der Waals surface area contributed by atoms with E-state index >= 15 is 0 Å². The summed E-state index contributed by atoms with van der Waals surface area (Å²) in [6.45, 7) is 0. The molecule has 0 spiro atoms. The molecule has 1 heterocycles. The zero-order chi connectivity index (χ0) is 32.2. The molecule has 0 fully saturated rings. The number of para-hydroxylation sites is 1. The maximum atomic E-state index is 13.3. The summed E-state index contributed by atoms with van der Waals surface area (Å²) in [5.41, 5.74) is 13.5. The van der Waals surface area contributed by atoms with Gasteiger partial charge in [0.2, 0.25) is 23.6 Å². The fourth-order valence-electron chi connectivity index (χ4n) is 4.60. The average molecular weight is 609 g/mol. The Balaban J connectivity index is 1.74. The number of amides is 4. The summed E-state index contributed by atoms with van der Waals surface area (Å²) in [5, 5.41) is 27.1. The largest absolute Gasteiger partial charge is 0.481 e. The molecule has 0 bridgehead atoms. The highest BCUT2D eigenvalue weighted by Crippen LogP contribution is 2.19. The number of hydrogen-bond acceptors (Lipinski definition) is 7. The molecular weight excluding hydrogens is 572 g/mol. The molecule has 4 amide bonds. The Bertz CT molecular complexity index is 1490. The predicted octanol–water partition coefficient (Wildman–Crippen LogP) is -0.0503. The van der Waals surface area contributed by atoms with Gasteiger partial charge in [0, 0.05) is 36.4 Å². The highest BCUT2D eigenvalue weighted by Gasteiger charge is 2.31. The van der Waals surface area contributed by atoms with E-state index in [9.17, 15) is 39.0 Å². The molecular formula is C30H36N6O8. The molecule has 14 nitrogen and oxygen atoms in total. The Labute approximate surface area is 252 Å². The van der Waals surface area contributed by atoms with Gasteiger partial charge in [-0.3, -0.25) is 24.0 Å². The number of fused-ring (bicyclic) bond motifs is 1. The molecule has 10 N–H and O–H groups in total. The molecule has 2 aromatic carbocycles. The topological polar surface area (TPSA) is 247 Å². The Morgan fingerprint density at radius 3 is 1.91 bits per heavy atom. The number of nitrogens with one attached hydrogen (secondary N) is 4. The van der Waals surface area contributed by atoms with Gasteiger partial charge in [0.05, 0.1) is 6.04 Å². The number of hydrogen-bond donors (Lipinski definition) is 8. The van der Waals surface area contributed by atoms with Crippen molar-refractivity contribution in [2.45, 2.75) is 62.7 Å². The summed E-state index contributed by atoms with van der Waals surface area (Å²) < 4.78 is 0. The number of aliphatic carboxylic acids is 2. The summed E-state index contributed by atoms with van der Waals surface area (Å²) in [6.07, 6.45) is 0.273. The van der Waals surface area contributed by atoms with Crippen molar-refractivity contribution in [3.05, 3.63) is 71.9 Å². The number of carboxylic acid groups (broad SMARTS) is 2. The lowest BCUT2D eigenvalue weighted by molar-refractivity contribution is -0.143. The molecule has 4 unspecified atom stereocenters. The molecule has 3 rings (SSSR count). The fourth-order valence-corrected chi connectivity index (χ4v) is 4.60. The third kappa shape index (κ3) is 9.94. The molecule has 0 radical (unpaired) electrons. The number of primary amides is 1. The van der Waals surface area contributed by atoms with E-state index in [2.05, 4.69) is 20.9 Å². The van der Waals surface area contributed by atoms with Gasteiger partial charge < -0.3 is 42.6 Å². The minimum absolute atomic E-state index is 0.0960. The Morgan fingerprint density at radius 2 is 1.30 bits per heavy atom. The van der Waals surface area contributed by atoms with Gasteiger partial charge in [-0.2, -0.15) is 0 Å². The molecule has 0 saturated heterocycles. The molecule has 0 aliphatic carbocycles. The second-order valence-electron chi connectivity index (χ2n) is 10.3. The van der Waals surface area contributed by atoms with Crippen LogP contribution in [0, 0.1) is 0 Å². The van der Waals surface area contributed by atoms with Crippen LogP contribution in [0.25, 0.3) is 10.9 Å². The van der Waals surface area contributed by atoms with Crippen molar-refractivity contribution >= 4 is 46.5 Å². The van der Waals surface area contributed by atoms with Crippen molar-refractivity contribution in [1.29, 1.82) is 0 Å². The van der Waals surface area contributed by atoms with E-state index in [1.165, 1.54) is 0 Å². The molecule has 0 aliphatic heterocycles. The number of nitrogens with two attached hydrogens (primary N) is 2. The minimum atomic E-state index is -1.48. The van der Waals surface area contributed by atoms with Crippen LogP contribution in [0.15, 0.2) is 60.8 Å². The van der Waals surface area contributed by atoms with E-state index in [0.717, 1.165) is 16.5 Å². The van der Waals surface area contributed by atoms with Crippen LogP contribution < -0.4 is 27.4 Å². The predicted molar refractivity (Wildman–Crippen MR) is 159 cm³/mol. The summed E-state index contributed by atoms with van der Waals surface area (Å²) in [4.78, 5) is 77.2. The fraction of sp³-hybridized carbons (Fsp3) is 0.333. The van der Waals surface area contributed by atoms with Gasteiger partial charge in [-0.25, -0.2) is 4.79 Å². The lowest BCUT2D eigenvalue weighted by Crippen LogP contribution is -2.57. The smallest absolute Gasteiger partial charge is 0.326 e.